The lowest BCUT2D eigenvalue weighted by Gasteiger charge is -2.26. The number of thiazole rings is 1. The number of esters is 1. The summed E-state index contributed by atoms with van der Waals surface area (Å²) in [5, 5.41) is 2.89. The molecule has 47 heavy (non-hydrogen) atoms. The first-order chi connectivity index (χ1) is 22.6. The number of carbonyl (C=O) groups is 1. The Hall–Kier alpha value is -4.37. The van der Waals surface area contributed by atoms with Gasteiger partial charge in [0.2, 0.25) is 0 Å². The highest BCUT2D eigenvalue weighted by atomic mass is 35.5. The van der Waals surface area contributed by atoms with E-state index >= 15 is 0 Å². The number of para-hydroxylation sites is 1. The summed E-state index contributed by atoms with van der Waals surface area (Å²) in [5.74, 6) is 0.387. The molecule has 0 unspecified atom stereocenters. The number of benzene rings is 4. The lowest BCUT2D eigenvalue weighted by molar-refractivity contribution is -0.139. The molecule has 0 saturated carbocycles. The molecule has 0 spiro atoms. The summed E-state index contributed by atoms with van der Waals surface area (Å²) in [5.41, 5.74) is 2.68. The van der Waals surface area contributed by atoms with E-state index in [1.807, 2.05) is 62.4 Å². The molecule has 0 radical (unpaired) electrons. The second kappa shape index (κ2) is 13.8. The van der Waals surface area contributed by atoms with Crippen molar-refractivity contribution in [2.24, 2.45) is 4.99 Å². The van der Waals surface area contributed by atoms with Crippen LogP contribution in [0.4, 0.5) is 0 Å². The van der Waals surface area contributed by atoms with Gasteiger partial charge in [0.15, 0.2) is 10.6 Å². The summed E-state index contributed by atoms with van der Waals surface area (Å²) in [6.07, 6.45) is 1.59. The van der Waals surface area contributed by atoms with Crippen molar-refractivity contribution in [1.82, 2.24) is 4.57 Å². The van der Waals surface area contributed by atoms with E-state index in [0.29, 0.717) is 47.7 Å². The molecule has 0 bridgehead atoms. The number of nitrogens with zero attached hydrogens (tertiary/aromatic N) is 2. The first kappa shape index (κ1) is 32.6. The summed E-state index contributed by atoms with van der Waals surface area (Å²) < 4.78 is 19.5. The van der Waals surface area contributed by atoms with Crippen molar-refractivity contribution < 1.29 is 19.0 Å². The highest BCUT2D eigenvalue weighted by molar-refractivity contribution is 7.07. The molecule has 0 saturated heterocycles. The quantitative estimate of drug-likeness (QED) is 0.149. The topological polar surface area (TPSA) is 79.1 Å². The molecule has 2 heterocycles. The fourth-order valence-corrected chi connectivity index (χ4v) is 7.25. The first-order valence-electron chi connectivity index (χ1n) is 15.2. The van der Waals surface area contributed by atoms with Crippen LogP contribution in [0.1, 0.15) is 50.4 Å². The Balaban J connectivity index is 1.38. The van der Waals surface area contributed by atoms with Crippen LogP contribution < -0.4 is 24.4 Å². The summed E-state index contributed by atoms with van der Waals surface area (Å²) in [6.45, 7) is 7.80. The molecule has 6 rings (SSSR count). The lowest BCUT2D eigenvalue weighted by atomic mass is 9.95. The molecule has 0 fully saturated rings. The van der Waals surface area contributed by atoms with E-state index in [-0.39, 0.29) is 30.5 Å². The van der Waals surface area contributed by atoms with Gasteiger partial charge in [-0.25, -0.2) is 9.79 Å². The highest BCUT2D eigenvalue weighted by Gasteiger charge is 2.35. The molecule has 1 atom stereocenters. The zero-order valence-corrected chi connectivity index (χ0v) is 28.6. The average molecular weight is 688 g/mol. The molecule has 1 aliphatic rings. The molecule has 4 aromatic carbocycles. The Morgan fingerprint density at radius 1 is 1.00 bits per heavy atom. The van der Waals surface area contributed by atoms with Crippen molar-refractivity contribution in [3.05, 3.63) is 137 Å². The second-order valence-corrected chi connectivity index (χ2v) is 13.1. The summed E-state index contributed by atoms with van der Waals surface area (Å²) >= 11 is 14.5. The number of fused-ring (bicyclic) bond motifs is 2. The highest BCUT2D eigenvalue weighted by Crippen LogP contribution is 2.37. The maximum atomic E-state index is 14.1. The minimum absolute atomic E-state index is 0.128. The van der Waals surface area contributed by atoms with Crippen LogP contribution in [0.2, 0.25) is 10.0 Å². The van der Waals surface area contributed by atoms with Gasteiger partial charge in [-0.15, -0.1) is 0 Å². The van der Waals surface area contributed by atoms with Gasteiger partial charge < -0.3 is 14.2 Å². The summed E-state index contributed by atoms with van der Waals surface area (Å²) in [7, 11) is 0. The molecule has 1 aromatic heterocycles. The van der Waals surface area contributed by atoms with Crippen LogP contribution in [0.25, 0.3) is 16.8 Å². The number of hydrogen-bond acceptors (Lipinski definition) is 7. The number of allylic oxidation sites excluding steroid dienone is 1. The largest absolute Gasteiger partial charge is 0.491 e. The molecule has 0 aliphatic carbocycles. The van der Waals surface area contributed by atoms with Gasteiger partial charge >= 0.3 is 5.97 Å². The van der Waals surface area contributed by atoms with Crippen LogP contribution >= 0.6 is 34.5 Å². The molecule has 0 amide bonds. The molecule has 10 heteroatoms. The minimum atomic E-state index is -0.805. The van der Waals surface area contributed by atoms with E-state index in [1.54, 1.807) is 32.1 Å². The third-order valence-electron chi connectivity index (χ3n) is 7.61. The van der Waals surface area contributed by atoms with Gasteiger partial charge in [0.05, 0.1) is 38.6 Å². The van der Waals surface area contributed by atoms with Gasteiger partial charge in [-0.1, -0.05) is 89.1 Å². The van der Waals surface area contributed by atoms with Crippen LogP contribution in [0, 0.1) is 0 Å². The van der Waals surface area contributed by atoms with Crippen LogP contribution in [0.15, 0.2) is 99.9 Å². The predicted octanol–water partition coefficient (Wildman–Crippen LogP) is 7.62. The third kappa shape index (κ3) is 6.72. The fraction of sp³-hybridized carbons (Fsp3) is 0.216. The number of carbonyl (C=O) groups excluding carboxylic acids is 1. The number of aromatic nitrogens is 1. The molecule has 7 nitrogen and oxygen atoms in total. The van der Waals surface area contributed by atoms with Crippen LogP contribution in [0.5, 0.6) is 11.5 Å². The molecule has 0 N–H and O–H groups in total. The van der Waals surface area contributed by atoms with Crippen molar-refractivity contribution in [3.8, 4) is 11.5 Å². The Bertz CT molecular complexity index is 2200. The zero-order chi connectivity index (χ0) is 33.2. The average Bonchev–Trinajstić information content (AvgIpc) is 3.33. The Kier molecular flexibility index (Phi) is 9.55. The van der Waals surface area contributed by atoms with Crippen LogP contribution in [0.3, 0.4) is 0 Å². The van der Waals surface area contributed by atoms with Gasteiger partial charge in [-0.3, -0.25) is 9.36 Å². The summed E-state index contributed by atoms with van der Waals surface area (Å²) in [4.78, 5) is 32.6. The molecular weight excluding hydrogens is 655 g/mol. The maximum absolute atomic E-state index is 14.1. The number of halogens is 2. The number of ether oxygens (including phenoxy) is 3. The minimum Gasteiger partial charge on any atom is -0.491 e. The van der Waals surface area contributed by atoms with Crippen molar-refractivity contribution in [3.63, 3.8) is 0 Å². The van der Waals surface area contributed by atoms with Gasteiger partial charge in [-0.05, 0) is 79.9 Å². The van der Waals surface area contributed by atoms with Crippen molar-refractivity contribution >= 4 is 57.4 Å². The van der Waals surface area contributed by atoms with Crippen molar-refractivity contribution in [2.75, 3.05) is 6.61 Å². The lowest BCUT2D eigenvalue weighted by Crippen LogP contribution is -2.40. The smallest absolute Gasteiger partial charge is 0.338 e. The van der Waals surface area contributed by atoms with Gasteiger partial charge in [0, 0.05) is 5.56 Å². The fourth-order valence-electron chi connectivity index (χ4n) is 5.59. The van der Waals surface area contributed by atoms with Gasteiger partial charge in [0.25, 0.3) is 5.56 Å². The van der Waals surface area contributed by atoms with E-state index < -0.39 is 12.0 Å². The monoisotopic (exact) mass is 686 g/mol. The van der Waals surface area contributed by atoms with Gasteiger partial charge in [0.1, 0.15) is 18.4 Å². The Morgan fingerprint density at radius 3 is 2.43 bits per heavy atom. The van der Waals surface area contributed by atoms with Gasteiger partial charge in [-0.2, -0.15) is 0 Å². The maximum Gasteiger partial charge on any atom is 0.338 e. The van der Waals surface area contributed by atoms with Crippen molar-refractivity contribution in [2.45, 2.75) is 46.4 Å². The van der Waals surface area contributed by atoms with E-state index in [9.17, 15) is 9.59 Å². The zero-order valence-electron chi connectivity index (χ0n) is 26.3. The Morgan fingerprint density at radius 2 is 1.70 bits per heavy atom. The van der Waals surface area contributed by atoms with Crippen molar-refractivity contribution in [1.29, 1.82) is 0 Å². The molecule has 5 aromatic rings. The van der Waals surface area contributed by atoms with E-state index in [2.05, 4.69) is 23.2 Å². The van der Waals surface area contributed by atoms with E-state index in [4.69, 9.17) is 37.4 Å². The number of rotatable bonds is 9. The standard InChI is InChI=1S/C37H32Cl2N2O5S/c1-5-44-36(43)32-22(4)40-37-41(33(32)27-12-8-9-13-30(27)46-21(2)3)35(42)31(47-37)19-24-17-28(38)34(29(39)18-24)45-20-23-14-15-25-10-6-7-11-26(25)16-23/h6-19,21,33H,5,20H2,1-4H3/b31-19+/t33-/m0/s1. The molecule has 240 valence electrons. The normalized spacial score (nSPS) is 14.7. The Labute approximate surface area is 286 Å². The van der Waals surface area contributed by atoms with Crippen LogP contribution in [-0.4, -0.2) is 23.2 Å². The number of hydrogen-bond donors (Lipinski definition) is 0. The third-order valence-corrected chi connectivity index (χ3v) is 9.15. The second-order valence-electron chi connectivity index (χ2n) is 11.3. The SMILES string of the molecule is CCOC(=O)C1=C(C)N=c2s/c(=C/c3cc(Cl)c(OCc4ccc5ccccc5c4)c(Cl)c3)c(=O)n2[C@H]1c1ccccc1OC(C)C. The predicted molar refractivity (Wildman–Crippen MR) is 187 cm³/mol. The van der Waals surface area contributed by atoms with Crippen LogP contribution in [-0.2, 0) is 16.1 Å². The van der Waals surface area contributed by atoms with E-state index in [1.165, 1.54) is 15.9 Å². The first-order valence-corrected chi connectivity index (χ1v) is 16.8. The summed E-state index contributed by atoms with van der Waals surface area (Å²) in [6, 6.07) is 24.2. The molecule has 1 aliphatic heterocycles. The van der Waals surface area contributed by atoms with E-state index in [0.717, 1.165) is 16.3 Å². The molecular formula is C37H32Cl2N2O5S.